The summed E-state index contributed by atoms with van der Waals surface area (Å²) in [5.41, 5.74) is 12.4. The van der Waals surface area contributed by atoms with Crippen molar-refractivity contribution in [3.8, 4) is 0 Å². The normalized spacial score (nSPS) is 16.8. The summed E-state index contributed by atoms with van der Waals surface area (Å²) in [6.07, 6.45) is 10.9. The minimum absolute atomic E-state index is 0.268. The summed E-state index contributed by atoms with van der Waals surface area (Å²) in [6, 6.07) is 33.2. The molecule has 37 heavy (non-hydrogen) atoms. The lowest BCUT2D eigenvalue weighted by Gasteiger charge is -2.17. The van der Waals surface area contributed by atoms with Crippen molar-refractivity contribution >= 4 is 29.5 Å². The van der Waals surface area contributed by atoms with Crippen LogP contribution in [0.2, 0.25) is 0 Å². The molecule has 0 bridgehead atoms. The van der Waals surface area contributed by atoms with E-state index in [4.69, 9.17) is 9.98 Å². The summed E-state index contributed by atoms with van der Waals surface area (Å²) in [7, 11) is 0. The molecule has 0 spiro atoms. The van der Waals surface area contributed by atoms with Crippen LogP contribution >= 0.6 is 0 Å². The van der Waals surface area contributed by atoms with Crippen molar-refractivity contribution in [3.63, 3.8) is 0 Å². The maximum Gasteiger partial charge on any atom is 0.100 e. The average molecular weight is 479 g/mol. The van der Waals surface area contributed by atoms with Gasteiger partial charge >= 0.3 is 0 Å². The first-order chi connectivity index (χ1) is 18.3. The fourth-order valence-electron chi connectivity index (χ4n) is 5.92. The van der Waals surface area contributed by atoms with Crippen LogP contribution in [-0.2, 0) is 12.8 Å². The van der Waals surface area contributed by atoms with Crippen molar-refractivity contribution in [1.29, 1.82) is 0 Å². The number of fused-ring (bicyclic) bond motifs is 2. The molecule has 180 valence electrons. The van der Waals surface area contributed by atoms with Gasteiger partial charge in [0.15, 0.2) is 0 Å². The third-order valence-corrected chi connectivity index (χ3v) is 7.69. The Morgan fingerprint density at radius 3 is 1.43 bits per heavy atom. The van der Waals surface area contributed by atoms with E-state index in [1.54, 1.807) is 0 Å². The number of nitrogens with zero attached hydrogens (tertiary/aromatic N) is 2. The first kappa shape index (κ1) is 23.2. The van der Waals surface area contributed by atoms with Crippen molar-refractivity contribution in [1.82, 2.24) is 0 Å². The lowest BCUT2D eigenvalue weighted by Crippen LogP contribution is -2.01. The molecule has 2 nitrogen and oxygen atoms in total. The van der Waals surface area contributed by atoms with Gasteiger partial charge in [0.1, 0.15) is 6.01 Å². The van der Waals surface area contributed by atoms with Gasteiger partial charge in [-0.05, 0) is 69.5 Å². The predicted molar refractivity (Wildman–Crippen MR) is 155 cm³/mol. The molecule has 0 heterocycles. The third-order valence-electron chi connectivity index (χ3n) is 7.69. The quantitative estimate of drug-likeness (QED) is 0.247. The molecule has 4 aromatic carbocycles. The summed E-state index contributed by atoms with van der Waals surface area (Å²) >= 11 is 0. The Kier molecular flexibility index (Phi) is 6.26. The van der Waals surface area contributed by atoms with Gasteiger partial charge < -0.3 is 0 Å². The lowest BCUT2D eigenvalue weighted by molar-refractivity contribution is 0.985. The standard InChI is InChI=1S/C35H30N2/c1-3-26-30(32-21-19-24-11-5-7-13-28(24)32)15-9-17-34(26)36-23-37-35-18-10-16-31(27(35)4-2)33-22-20-25-12-6-8-14-29(25)33/h5-22,32-33H,3-4H2,1-2H3. The SMILES string of the molecule is CCc1c(N=C=Nc2cccc(C3C=Cc4ccccc43)c2CC)cccc1C1C=Cc2ccccc21. The van der Waals surface area contributed by atoms with Crippen LogP contribution in [0.3, 0.4) is 0 Å². The molecule has 2 aliphatic rings. The van der Waals surface area contributed by atoms with Gasteiger partial charge in [0.2, 0.25) is 0 Å². The molecular weight excluding hydrogens is 448 g/mol. The smallest absolute Gasteiger partial charge is 0.100 e. The van der Waals surface area contributed by atoms with E-state index in [-0.39, 0.29) is 11.8 Å². The van der Waals surface area contributed by atoms with E-state index in [9.17, 15) is 0 Å². The summed E-state index contributed by atoms with van der Waals surface area (Å²) in [5, 5.41) is 0. The van der Waals surface area contributed by atoms with Crippen molar-refractivity contribution in [2.75, 3.05) is 0 Å². The zero-order valence-corrected chi connectivity index (χ0v) is 21.4. The van der Waals surface area contributed by atoms with Crippen LogP contribution in [0.5, 0.6) is 0 Å². The topological polar surface area (TPSA) is 24.7 Å². The summed E-state index contributed by atoms with van der Waals surface area (Å²) in [4.78, 5) is 9.49. The largest absolute Gasteiger partial charge is 0.187 e. The van der Waals surface area contributed by atoms with E-state index in [2.05, 4.69) is 129 Å². The lowest BCUT2D eigenvalue weighted by atomic mass is 9.88. The van der Waals surface area contributed by atoms with E-state index in [0.717, 1.165) is 24.2 Å². The highest BCUT2D eigenvalue weighted by Crippen LogP contribution is 2.40. The minimum atomic E-state index is 0.268. The second kappa shape index (κ2) is 10.0. The Labute approximate surface area is 219 Å². The molecule has 0 N–H and O–H groups in total. The number of allylic oxidation sites excluding steroid dienone is 2. The maximum atomic E-state index is 4.74. The van der Waals surface area contributed by atoms with E-state index in [1.165, 1.54) is 44.5 Å². The van der Waals surface area contributed by atoms with Gasteiger partial charge in [-0.25, -0.2) is 0 Å². The summed E-state index contributed by atoms with van der Waals surface area (Å²) < 4.78 is 0. The van der Waals surface area contributed by atoms with Crippen molar-refractivity contribution in [2.45, 2.75) is 38.5 Å². The number of hydrogen-bond donors (Lipinski definition) is 0. The van der Waals surface area contributed by atoms with Crippen LogP contribution in [0, 0.1) is 0 Å². The van der Waals surface area contributed by atoms with Gasteiger partial charge in [-0.2, -0.15) is 9.98 Å². The predicted octanol–water partition coefficient (Wildman–Crippen LogP) is 9.27. The molecule has 0 amide bonds. The molecule has 2 atom stereocenters. The zero-order chi connectivity index (χ0) is 25.2. The van der Waals surface area contributed by atoms with Crippen molar-refractivity contribution in [3.05, 3.63) is 142 Å². The van der Waals surface area contributed by atoms with Crippen LogP contribution in [-0.4, -0.2) is 6.01 Å². The monoisotopic (exact) mass is 478 g/mol. The third kappa shape index (κ3) is 4.20. The first-order valence-electron chi connectivity index (χ1n) is 13.2. The zero-order valence-electron chi connectivity index (χ0n) is 21.4. The summed E-state index contributed by atoms with van der Waals surface area (Å²) in [6.45, 7) is 4.40. The molecule has 2 aliphatic carbocycles. The van der Waals surface area contributed by atoms with Crippen LogP contribution in [0.25, 0.3) is 12.2 Å². The number of hydrogen-bond acceptors (Lipinski definition) is 2. The second-order valence-corrected chi connectivity index (χ2v) is 9.65. The van der Waals surface area contributed by atoms with Gasteiger partial charge in [-0.3, -0.25) is 0 Å². The Hall–Kier alpha value is -4.26. The Balaban J connectivity index is 1.35. The first-order valence-corrected chi connectivity index (χ1v) is 13.2. The van der Waals surface area contributed by atoms with Gasteiger partial charge in [-0.15, -0.1) is 0 Å². The molecule has 2 heteroatoms. The molecule has 0 radical (unpaired) electrons. The van der Waals surface area contributed by atoms with Crippen LogP contribution in [0.1, 0.15) is 70.2 Å². The maximum absolute atomic E-state index is 4.74. The fraction of sp³-hybridized carbons (Fsp3) is 0.171. The molecule has 0 aliphatic heterocycles. The fourth-order valence-corrected chi connectivity index (χ4v) is 5.92. The highest BCUT2D eigenvalue weighted by atomic mass is 14.8. The molecule has 0 saturated carbocycles. The second-order valence-electron chi connectivity index (χ2n) is 9.65. The van der Waals surface area contributed by atoms with Crippen LogP contribution < -0.4 is 0 Å². The molecule has 6 rings (SSSR count). The van der Waals surface area contributed by atoms with E-state index >= 15 is 0 Å². The van der Waals surface area contributed by atoms with E-state index in [0.29, 0.717) is 0 Å². The Morgan fingerprint density at radius 1 is 0.541 bits per heavy atom. The molecule has 0 saturated heterocycles. The molecular formula is C35H30N2. The summed E-state index contributed by atoms with van der Waals surface area (Å²) in [5.74, 6) is 0.535. The van der Waals surface area contributed by atoms with Crippen LogP contribution in [0.15, 0.2) is 107 Å². The number of benzene rings is 4. The van der Waals surface area contributed by atoms with E-state index < -0.39 is 0 Å². The highest BCUT2D eigenvalue weighted by Gasteiger charge is 2.23. The van der Waals surface area contributed by atoms with Crippen LogP contribution in [0.4, 0.5) is 11.4 Å². The van der Waals surface area contributed by atoms with E-state index in [1.807, 2.05) is 0 Å². The van der Waals surface area contributed by atoms with Crippen molar-refractivity contribution in [2.24, 2.45) is 9.98 Å². The number of rotatable bonds is 6. The molecule has 0 aromatic heterocycles. The van der Waals surface area contributed by atoms with Crippen molar-refractivity contribution < 1.29 is 0 Å². The average Bonchev–Trinajstić information content (AvgIpc) is 3.57. The number of aliphatic imine (C=N–C) groups is 2. The molecule has 4 aromatic rings. The molecule has 0 fully saturated rings. The van der Waals surface area contributed by atoms with Gasteiger partial charge in [0, 0.05) is 11.8 Å². The highest BCUT2D eigenvalue weighted by molar-refractivity contribution is 5.70. The minimum Gasteiger partial charge on any atom is -0.187 e. The Bertz CT molecular complexity index is 1480. The Morgan fingerprint density at radius 2 is 0.973 bits per heavy atom. The van der Waals surface area contributed by atoms with Gasteiger partial charge in [0.25, 0.3) is 0 Å². The molecule has 2 unspecified atom stereocenters. The van der Waals surface area contributed by atoms with Gasteiger partial charge in [0.05, 0.1) is 11.4 Å². The van der Waals surface area contributed by atoms with Gasteiger partial charge in [-0.1, -0.05) is 111 Å².